The van der Waals surface area contributed by atoms with Gasteiger partial charge in [-0.25, -0.2) is 0 Å². The molecule has 3 heteroatoms. The van der Waals surface area contributed by atoms with E-state index < -0.39 is 0 Å². The lowest BCUT2D eigenvalue weighted by Crippen LogP contribution is -2.43. The Morgan fingerprint density at radius 3 is 2.69 bits per heavy atom. The van der Waals surface area contributed by atoms with Gasteiger partial charge in [0.15, 0.2) is 0 Å². The van der Waals surface area contributed by atoms with Crippen LogP contribution in [0.2, 0.25) is 0 Å². The molecule has 1 aliphatic heterocycles. The molecule has 1 aliphatic carbocycles. The number of furan rings is 1. The molecule has 0 spiro atoms. The first-order valence-electron chi connectivity index (χ1n) is 6.41. The van der Waals surface area contributed by atoms with E-state index >= 15 is 0 Å². The Morgan fingerprint density at radius 2 is 2.06 bits per heavy atom. The van der Waals surface area contributed by atoms with Crippen molar-refractivity contribution in [1.82, 2.24) is 10.2 Å². The van der Waals surface area contributed by atoms with Crippen molar-refractivity contribution in [3.8, 4) is 0 Å². The molecule has 0 radical (unpaired) electrons. The van der Waals surface area contributed by atoms with Crippen molar-refractivity contribution in [2.24, 2.45) is 0 Å². The summed E-state index contributed by atoms with van der Waals surface area (Å²) in [7, 11) is 0. The van der Waals surface area contributed by atoms with Gasteiger partial charge in [0, 0.05) is 12.1 Å². The highest BCUT2D eigenvalue weighted by Crippen LogP contribution is 2.29. The molecule has 0 aromatic carbocycles. The third-order valence-electron chi connectivity index (χ3n) is 3.74. The summed E-state index contributed by atoms with van der Waals surface area (Å²) in [4.78, 5) is 2.66. The van der Waals surface area contributed by atoms with Crippen molar-refractivity contribution in [3.63, 3.8) is 0 Å². The molecule has 2 aliphatic rings. The maximum atomic E-state index is 5.32. The van der Waals surface area contributed by atoms with E-state index in [-0.39, 0.29) is 0 Å². The second-order valence-corrected chi connectivity index (χ2v) is 5.00. The second kappa shape index (κ2) is 4.60. The number of piperidine rings is 1. The fourth-order valence-corrected chi connectivity index (χ4v) is 2.57. The molecular formula is C13H20N2O. The fraction of sp³-hybridized carbons (Fsp3) is 0.692. The van der Waals surface area contributed by atoms with Gasteiger partial charge >= 0.3 is 0 Å². The molecule has 2 fully saturated rings. The number of rotatable bonds is 4. The summed E-state index contributed by atoms with van der Waals surface area (Å²) in [5.41, 5.74) is 0. The first-order valence-corrected chi connectivity index (χ1v) is 6.41. The molecule has 1 saturated carbocycles. The van der Waals surface area contributed by atoms with Crippen LogP contribution < -0.4 is 5.32 Å². The van der Waals surface area contributed by atoms with Crippen molar-refractivity contribution in [2.45, 2.75) is 44.3 Å². The molecule has 88 valence electrons. The molecule has 3 nitrogen and oxygen atoms in total. The first-order chi connectivity index (χ1) is 7.92. The lowest BCUT2D eigenvalue weighted by molar-refractivity contribution is 0.187. The molecule has 0 amide bonds. The zero-order valence-corrected chi connectivity index (χ0v) is 9.69. The highest BCUT2D eigenvalue weighted by Gasteiger charge is 2.31. The van der Waals surface area contributed by atoms with Crippen LogP contribution in [0.3, 0.4) is 0 Å². The van der Waals surface area contributed by atoms with E-state index in [0.717, 1.165) is 18.3 Å². The maximum Gasteiger partial charge on any atom is 0.117 e. The topological polar surface area (TPSA) is 28.4 Å². The first kappa shape index (κ1) is 10.4. The van der Waals surface area contributed by atoms with E-state index in [1.54, 1.807) is 6.26 Å². The molecule has 0 atom stereocenters. The van der Waals surface area contributed by atoms with E-state index in [1.807, 2.05) is 12.1 Å². The molecule has 0 unspecified atom stereocenters. The van der Waals surface area contributed by atoms with Crippen LogP contribution in [-0.2, 0) is 6.54 Å². The third kappa shape index (κ3) is 2.47. The largest absolute Gasteiger partial charge is 0.468 e. The molecule has 1 N–H and O–H groups in total. The van der Waals surface area contributed by atoms with Crippen LogP contribution in [0, 0.1) is 0 Å². The smallest absolute Gasteiger partial charge is 0.117 e. The monoisotopic (exact) mass is 220 g/mol. The van der Waals surface area contributed by atoms with Crippen molar-refractivity contribution in [2.75, 3.05) is 13.1 Å². The van der Waals surface area contributed by atoms with Crippen LogP contribution in [0.25, 0.3) is 0 Å². The maximum absolute atomic E-state index is 5.32. The average Bonchev–Trinajstić information content (AvgIpc) is 3.05. The van der Waals surface area contributed by atoms with E-state index in [4.69, 9.17) is 4.42 Å². The second-order valence-electron chi connectivity index (χ2n) is 5.00. The van der Waals surface area contributed by atoms with Gasteiger partial charge in [0.25, 0.3) is 0 Å². The van der Waals surface area contributed by atoms with Crippen LogP contribution in [-0.4, -0.2) is 30.1 Å². The van der Waals surface area contributed by atoms with Gasteiger partial charge < -0.3 is 14.6 Å². The summed E-state index contributed by atoms with van der Waals surface area (Å²) < 4.78 is 5.32. The predicted molar refractivity (Wildman–Crippen MR) is 63.2 cm³/mol. The van der Waals surface area contributed by atoms with Crippen LogP contribution in [0.4, 0.5) is 0 Å². The minimum atomic E-state index is 0.681. The minimum absolute atomic E-state index is 0.681. The zero-order chi connectivity index (χ0) is 10.8. The summed E-state index contributed by atoms with van der Waals surface area (Å²) in [5.74, 6) is 1.05. The predicted octanol–water partition coefficient (Wildman–Crippen LogP) is 2.00. The van der Waals surface area contributed by atoms with Crippen LogP contribution in [0.1, 0.15) is 31.4 Å². The van der Waals surface area contributed by atoms with Crippen LogP contribution in [0.5, 0.6) is 0 Å². The Balaban J connectivity index is 1.40. The standard InChI is InChI=1S/C13H20N2O/c1-2-13(16-9-1)10-14-11-5-7-15(8-6-11)12-3-4-12/h1-2,9,11-12,14H,3-8,10H2. The molecule has 1 aromatic rings. The minimum Gasteiger partial charge on any atom is -0.468 e. The number of likely N-dealkylation sites (tertiary alicyclic amines) is 1. The average molecular weight is 220 g/mol. The van der Waals surface area contributed by atoms with Crippen LogP contribution in [0.15, 0.2) is 22.8 Å². The molecule has 0 bridgehead atoms. The van der Waals surface area contributed by atoms with Gasteiger partial charge in [-0.05, 0) is 50.9 Å². The summed E-state index contributed by atoms with van der Waals surface area (Å²) in [5, 5.41) is 3.58. The van der Waals surface area contributed by atoms with E-state index in [9.17, 15) is 0 Å². The highest BCUT2D eigenvalue weighted by molar-refractivity contribution is 4.98. The van der Waals surface area contributed by atoms with Gasteiger partial charge in [-0.3, -0.25) is 0 Å². The van der Waals surface area contributed by atoms with Crippen molar-refractivity contribution in [1.29, 1.82) is 0 Å². The fourth-order valence-electron chi connectivity index (χ4n) is 2.57. The lowest BCUT2D eigenvalue weighted by Gasteiger charge is -2.32. The summed E-state index contributed by atoms with van der Waals surface area (Å²) in [6, 6.07) is 5.60. The Kier molecular flexibility index (Phi) is 2.98. The van der Waals surface area contributed by atoms with Crippen molar-refractivity contribution < 1.29 is 4.42 Å². The van der Waals surface area contributed by atoms with Gasteiger partial charge in [0.05, 0.1) is 12.8 Å². The van der Waals surface area contributed by atoms with Crippen molar-refractivity contribution >= 4 is 0 Å². The number of hydrogen-bond acceptors (Lipinski definition) is 3. The third-order valence-corrected chi connectivity index (χ3v) is 3.74. The lowest BCUT2D eigenvalue weighted by atomic mass is 10.0. The van der Waals surface area contributed by atoms with Crippen molar-refractivity contribution in [3.05, 3.63) is 24.2 Å². The Morgan fingerprint density at radius 1 is 1.25 bits per heavy atom. The number of hydrogen-bond donors (Lipinski definition) is 1. The Bertz CT molecular complexity index is 311. The zero-order valence-electron chi connectivity index (χ0n) is 9.69. The SMILES string of the molecule is c1coc(CNC2CCN(C3CC3)CC2)c1. The van der Waals surface area contributed by atoms with Gasteiger partial charge in [-0.2, -0.15) is 0 Å². The summed E-state index contributed by atoms with van der Waals surface area (Å²) in [6.45, 7) is 3.43. The molecule has 1 aromatic heterocycles. The quantitative estimate of drug-likeness (QED) is 0.841. The number of nitrogens with zero attached hydrogens (tertiary/aromatic N) is 1. The van der Waals surface area contributed by atoms with E-state index in [0.29, 0.717) is 6.04 Å². The van der Waals surface area contributed by atoms with Gasteiger partial charge in [0.1, 0.15) is 5.76 Å². The van der Waals surface area contributed by atoms with Crippen LogP contribution >= 0.6 is 0 Å². The van der Waals surface area contributed by atoms with Gasteiger partial charge in [-0.15, -0.1) is 0 Å². The molecule has 1 saturated heterocycles. The van der Waals surface area contributed by atoms with E-state index in [2.05, 4.69) is 10.2 Å². The molecular weight excluding hydrogens is 200 g/mol. The van der Waals surface area contributed by atoms with Gasteiger partial charge in [0.2, 0.25) is 0 Å². The summed E-state index contributed by atoms with van der Waals surface area (Å²) >= 11 is 0. The van der Waals surface area contributed by atoms with Gasteiger partial charge in [-0.1, -0.05) is 0 Å². The summed E-state index contributed by atoms with van der Waals surface area (Å²) in [6.07, 6.45) is 7.19. The Labute approximate surface area is 96.8 Å². The molecule has 3 rings (SSSR count). The Hall–Kier alpha value is -0.800. The normalized spacial score (nSPS) is 23.8. The van der Waals surface area contributed by atoms with E-state index in [1.165, 1.54) is 38.8 Å². The molecule has 2 heterocycles. The highest BCUT2D eigenvalue weighted by atomic mass is 16.3. The number of nitrogens with one attached hydrogen (secondary N) is 1. The molecule has 16 heavy (non-hydrogen) atoms.